The van der Waals surface area contributed by atoms with E-state index in [-0.39, 0.29) is 0 Å². The summed E-state index contributed by atoms with van der Waals surface area (Å²) in [6, 6.07) is 4.31. The van der Waals surface area contributed by atoms with Gasteiger partial charge in [-0.05, 0) is 30.4 Å². The Bertz CT molecular complexity index is 366. The van der Waals surface area contributed by atoms with Crippen molar-refractivity contribution in [3.05, 3.63) is 23.9 Å². The zero-order valence-corrected chi connectivity index (χ0v) is 12.1. The van der Waals surface area contributed by atoms with Crippen molar-refractivity contribution in [1.29, 1.82) is 0 Å². The lowest BCUT2D eigenvalue weighted by Gasteiger charge is -2.31. The summed E-state index contributed by atoms with van der Waals surface area (Å²) >= 11 is 0. The highest BCUT2D eigenvalue weighted by Gasteiger charge is 2.17. The first-order chi connectivity index (χ1) is 9.29. The SMILES string of the molecule is COCCNCc1ccc(N2CCCC(C)C2)nc1. The normalized spacial score (nSPS) is 19.7. The molecule has 1 unspecified atom stereocenters. The van der Waals surface area contributed by atoms with E-state index in [9.17, 15) is 0 Å². The van der Waals surface area contributed by atoms with Gasteiger partial charge in [-0.15, -0.1) is 0 Å². The minimum Gasteiger partial charge on any atom is -0.383 e. The molecule has 0 radical (unpaired) electrons. The monoisotopic (exact) mass is 263 g/mol. The van der Waals surface area contributed by atoms with Crippen LogP contribution >= 0.6 is 0 Å². The molecule has 1 aliphatic heterocycles. The molecule has 106 valence electrons. The van der Waals surface area contributed by atoms with Crippen molar-refractivity contribution < 1.29 is 4.74 Å². The van der Waals surface area contributed by atoms with Gasteiger partial charge in [0.2, 0.25) is 0 Å². The Hall–Kier alpha value is -1.13. The van der Waals surface area contributed by atoms with Crippen LogP contribution in [0.4, 0.5) is 5.82 Å². The number of methoxy groups -OCH3 is 1. The number of pyridine rings is 1. The lowest BCUT2D eigenvalue weighted by Crippen LogP contribution is -2.34. The van der Waals surface area contributed by atoms with E-state index in [1.54, 1.807) is 7.11 Å². The summed E-state index contributed by atoms with van der Waals surface area (Å²) in [7, 11) is 1.72. The number of rotatable bonds is 6. The van der Waals surface area contributed by atoms with Crippen molar-refractivity contribution in [1.82, 2.24) is 10.3 Å². The molecule has 19 heavy (non-hydrogen) atoms. The maximum Gasteiger partial charge on any atom is 0.128 e. The van der Waals surface area contributed by atoms with Gasteiger partial charge in [-0.1, -0.05) is 13.0 Å². The first kappa shape index (κ1) is 14.3. The average Bonchev–Trinajstić information content (AvgIpc) is 2.44. The fourth-order valence-electron chi connectivity index (χ4n) is 2.51. The summed E-state index contributed by atoms with van der Waals surface area (Å²) in [6.45, 7) is 7.08. The molecule has 2 heterocycles. The summed E-state index contributed by atoms with van der Waals surface area (Å²) in [5, 5.41) is 3.33. The van der Waals surface area contributed by atoms with Crippen molar-refractivity contribution >= 4 is 5.82 Å². The van der Waals surface area contributed by atoms with E-state index < -0.39 is 0 Å². The highest BCUT2D eigenvalue weighted by Crippen LogP contribution is 2.21. The molecule has 0 saturated carbocycles. The third-order valence-corrected chi connectivity index (χ3v) is 3.60. The molecule has 4 heteroatoms. The van der Waals surface area contributed by atoms with Crippen LogP contribution in [0.1, 0.15) is 25.3 Å². The highest BCUT2D eigenvalue weighted by atomic mass is 16.5. The number of aromatic nitrogens is 1. The van der Waals surface area contributed by atoms with Gasteiger partial charge >= 0.3 is 0 Å². The highest BCUT2D eigenvalue weighted by molar-refractivity contribution is 5.39. The van der Waals surface area contributed by atoms with Crippen molar-refractivity contribution in [3.8, 4) is 0 Å². The number of anilines is 1. The Morgan fingerprint density at radius 2 is 2.37 bits per heavy atom. The van der Waals surface area contributed by atoms with Gasteiger partial charge in [-0.25, -0.2) is 4.98 Å². The molecule has 0 spiro atoms. The zero-order chi connectivity index (χ0) is 13.5. The van der Waals surface area contributed by atoms with Crippen LogP contribution in [0.15, 0.2) is 18.3 Å². The molecular formula is C15H25N3O. The van der Waals surface area contributed by atoms with Gasteiger partial charge in [0.25, 0.3) is 0 Å². The van der Waals surface area contributed by atoms with Gasteiger partial charge in [-0.2, -0.15) is 0 Å². The molecule has 1 N–H and O–H groups in total. The Balaban J connectivity index is 1.83. The van der Waals surface area contributed by atoms with E-state index in [0.717, 1.165) is 44.5 Å². The Kier molecular flexibility index (Phi) is 5.61. The van der Waals surface area contributed by atoms with Crippen molar-refractivity contribution in [2.45, 2.75) is 26.3 Å². The van der Waals surface area contributed by atoms with E-state index in [0.29, 0.717) is 0 Å². The quantitative estimate of drug-likeness (QED) is 0.797. The number of nitrogens with one attached hydrogen (secondary N) is 1. The van der Waals surface area contributed by atoms with Gasteiger partial charge < -0.3 is 15.0 Å². The zero-order valence-electron chi connectivity index (χ0n) is 12.1. The van der Waals surface area contributed by atoms with Crippen molar-refractivity contribution in [3.63, 3.8) is 0 Å². The first-order valence-electron chi connectivity index (χ1n) is 7.19. The predicted molar refractivity (Wildman–Crippen MR) is 78.4 cm³/mol. The van der Waals surface area contributed by atoms with E-state index in [1.807, 2.05) is 6.20 Å². The maximum absolute atomic E-state index is 5.00. The molecule has 1 aliphatic rings. The van der Waals surface area contributed by atoms with Crippen LogP contribution in [0.25, 0.3) is 0 Å². The largest absolute Gasteiger partial charge is 0.383 e. The van der Waals surface area contributed by atoms with Crippen molar-refractivity contribution in [2.75, 3.05) is 38.3 Å². The molecule has 1 saturated heterocycles. The molecule has 2 rings (SSSR count). The predicted octanol–water partition coefficient (Wildman–Crippen LogP) is 2.05. The lowest BCUT2D eigenvalue weighted by atomic mass is 10.0. The van der Waals surface area contributed by atoms with Gasteiger partial charge in [0, 0.05) is 39.5 Å². The van der Waals surface area contributed by atoms with E-state index in [2.05, 4.69) is 34.3 Å². The summed E-state index contributed by atoms with van der Waals surface area (Å²) in [5.41, 5.74) is 1.23. The fraction of sp³-hybridized carbons (Fsp3) is 0.667. The van der Waals surface area contributed by atoms with Crippen LogP contribution in [0, 0.1) is 5.92 Å². The van der Waals surface area contributed by atoms with Crippen molar-refractivity contribution in [2.24, 2.45) is 5.92 Å². The van der Waals surface area contributed by atoms with Crippen LogP contribution in [0.3, 0.4) is 0 Å². The maximum atomic E-state index is 5.00. The third-order valence-electron chi connectivity index (χ3n) is 3.60. The molecule has 0 aliphatic carbocycles. The number of hydrogen-bond donors (Lipinski definition) is 1. The fourth-order valence-corrected chi connectivity index (χ4v) is 2.51. The number of hydrogen-bond acceptors (Lipinski definition) is 4. The van der Waals surface area contributed by atoms with Gasteiger partial charge in [-0.3, -0.25) is 0 Å². The Labute approximate surface area is 116 Å². The topological polar surface area (TPSA) is 37.4 Å². The number of ether oxygens (including phenoxy) is 1. The van der Waals surface area contributed by atoms with E-state index in [1.165, 1.54) is 18.4 Å². The number of piperidine rings is 1. The van der Waals surface area contributed by atoms with Gasteiger partial charge in [0.1, 0.15) is 5.82 Å². The molecular weight excluding hydrogens is 238 g/mol. The molecule has 1 aromatic rings. The Morgan fingerprint density at radius 1 is 1.47 bits per heavy atom. The van der Waals surface area contributed by atoms with Crippen LogP contribution in [0.5, 0.6) is 0 Å². The van der Waals surface area contributed by atoms with Gasteiger partial charge in [0.15, 0.2) is 0 Å². The van der Waals surface area contributed by atoms with Gasteiger partial charge in [0.05, 0.1) is 6.61 Å². The summed E-state index contributed by atoms with van der Waals surface area (Å²) in [4.78, 5) is 6.99. The second-order valence-corrected chi connectivity index (χ2v) is 5.39. The minimum atomic E-state index is 0.747. The summed E-state index contributed by atoms with van der Waals surface area (Å²) in [5.74, 6) is 1.90. The molecule has 4 nitrogen and oxygen atoms in total. The molecule has 1 fully saturated rings. The average molecular weight is 263 g/mol. The van der Waals surface area contributed by atoms with Crippen LogP contribution in [0.2, 0.25) is 0 Å². The smallest absolute Gasteiger partial charge is 0.128 e. The lowest BCUT2D eigenvalue weighted by molar-refractivity contribution is 0.199. The van der Waals surface area contributed by atoms with E-state index >= 15 is 0 Å². The third kappa shape index (κ3) is 4.48. The minimum absolute atomic E-state index is 0.747. The molecule has 0 bridgehead atoms. The standard InChI is InChI=1S/C15H25N3O/c1-13-4-3-8-18(12-13)15-6-5-14(11-17-15)10-16-7-9-19-2/h5-6,11,13,16H,3-4,7-10,12H2,1-2H3. The molecule has 1 atom stereocenters. The van der Waals surface area contributed by atoms with Crippen LogP contribution < -0.4 is 10.2 Å². The summed E-state index contributed by atoms with van der Waals surface area (Å²) < 4.78 is 5.00. The molecule has 0 aromatic carbocycles. The summed E-state index contributed by atoms with van der Waals surface area (Å²) in [6.07, 6.45) is 4.61. The second kappa shape index (κ2) is 7.46. The van der Waals surface area contributed by atoms with Crippen LogP contribution in [-0.4, -0.2) is 38.3 Å². The van der Waals surface area contributed by atoms with Crippen LogP contribution in [-0.2, 0) is 11.3 Å². The number of nitrogens with zero attached hydrogens (tertiary/aromatic N) is 2. The molecule has 0 amide bonds. The molecule has 1 aromatic heterocycles. The second-order valence-electron chi connectivity index (χ2n) is 5.39. The Morgan fingerprint density at radius 3 is 3.05 bits per heavy atom. The van der Waals surface area contributed by atoms with E-state index in [4.69, 9.17) is 4.74 Å². The first-order valence-corrected chi connectivity index (χ1v) is 7.19.